The highest BCUT2D eigenvalue weighted by Gasteiger charge is 2.21. The summed E-state index contributed by atoms with van der Waals surface area (Å²) in [5.74, 6) is 1.81. The fourth-order valence-electron chi connectivity index (χ4n) is 3.98. The van der Waals surface area contributed by atoms with Gasteiger partial charge in [-0.2, -0.15) is 5.26 Å². The minimum atomic E-state index is 0.423. The number of fused-ring (bicyclic) bond motifs is 3. The third-order valence-electron chi connectivity index (χ3n) is 5.29. The number of benzene rings is 2. The Labute approximate surface area is 177 Å². The molecular formula is C23H18N6O2. The second kappa shape index (κ2) is 7.15. The van der Waals surface area contributed by atoms with E-state index in [1.54, 1.807) is 13.3 Å². The van der Waals surface area contributed by atoms with Crippen molar-refractivity contribution in [3.8, 4) is 28.8 Å². The third kappa shape index (κ3) is 2.87. The first-order valence-electron chi connectivity index (χ1n) is 9.65. The van der Waals surface area contributed by atoms with E-state index in [1.807, 2.05) is 67.1 Å². The molecule has 0 unspecified atom stereocenters. The minimum Gasteiger partial charge on any atom is -0.496 e. The Kier molecular flexibility index (Phi) is 4.30. The zero-order chi connectivity index (χ0) is 21.5. The average molecular weight is 410 g/mol. The van der Waals surface area contributed by atoms with Crippen LogP contribution >= 0.6 is 0 Å². The SMILES string of the molecule is COc1cc2c(cc1-c1c(C)noc1C)ncc1nc(NC#N)n(-c3ccccc3)c12. The van der Waals surface area contributed by atoms with Gasteiger partial charge in [0.05, 0.1) is 35.6 Å². The molecule has 0 aliphatic rings. The Bertz CT molecular complexity index is 1460. The first-order chi connectivity index (χ1) is 15.1. The smallest absolute Gasteiger partial charge is 0.222 e. The maximum Gasteiger partial charge on any atom is 0.222 e. The van der Waals surface area contributed by atoms with Crippen LogP contribution in [0.15, 0.2) is 53.2 Å². The minimum absolute atomic E-state index is 0.423. The van der Waals surface area contributed by atoms with Crippen molar-refractivity contribution in [3.05, 3.63) is 60.1 Å². The van der Waals surface area contributed by atoms with Gasteiger partial charge in [-0.3, -0.25) is 14.9 Å². The first kappa shape index (κ1) is 18.6. The van der Waals surface area contributed by atoms with Crippen molar-refractivity contribution >= 4 is 27.9 Å². The molecule has 8 heteroatoms. The Morgan fingerprint density at radius 1 is 1.13 bits per heavy atom. The number of nitriles is 1. The van der Waals surface area contributed by atoms with Crippen molar-refractivity contribution in [2.24, 2.45) is 0 Å². The van der Waals surface area contributed by atoms with Crippen LogP contribution in [0.3, 0.4) is 0 Å². The molecule has 3 heterocycles. The summed E-state index contributed by atoms with van der Waals surface area (Å²) in [5.41, 5.74) is 5.68. The van der Waals surface area contributed by atoms with E-state index in [0.717, 1.165) is 38.9 Å². The van der Waals surface area contributed by atoms with Crippen LogP contribution in [0.2, 0.25) is 0 Å². The van der Waals surface area contributed by atoms with Crippen LogP contribution < -0.4 is 10.1 Å². The first-order valence-corrected chi connectivity index (χ1v) is 9.65. The summed E-state index contributed by atoms with van der Waals surface area (Å²) in [7, 11) is 1.63. The molecule has 0 aliphatic heterocycles. The monoisotopic (exact) mass is 410 g/mol. The van der Waals surface area contributed by atoms with Gasteiger partial charge in [-0.05, 0) is 38.1 Å². The van der Waals surface area contributed by atoms with Gasteiger partial charge in [0, 0.05) is 16.6 Å². The van der Waals surface area contributed by atoms with Crippen LogP contribution in [-0.2, 0) is 0 Å². The van der Waals surface area contributed by atoms with E-state index in [0.29, 0.717) is 23.0 Å². The van der Waals surface area contributed by atoms with Crippen LogP contribution in [0.25, 0.3) is 38.8 Å². The average Bonchev–Trinajstić information content (AvgIpc) is 3.32. The van der Waals surface area contributed by atoms with E-state index >= 15 is 0 Å². The lowest BCUT2D eigenvalue weighted by Gasteiger charge is -2.12. The van der Waals surface area contributed by atoms with Gasteiger partial charge in [-0.1, -0.05) is 23.4 Å². The van der Waals surface area contributed by atoms with Gasteiger partial charge in [0.2, 0.25) is 5.95 Å². The topological polar surface area (TPSA) is 102 Å². The quantitative estimate of drug-likeness (QED) is 0.337. The van der Waals surface area contributed by atoms with Crippen molar-refractivity contribution < 1.29 is 9.26 Å². The highest BCUT2D eigenvalue weighted by Crippen LogP contribution is 2.39. The second-order valence-electron chi connectivity index (χ2n) is 7.10. The van der Waals surface area contributed by atoms with Crippen molar-refractivity contribution in [3.63, 3.8) is 0 Å². The molecule has 0 bridgehead atoms. The normalized spacial score (nSPS) is 11.0. The van der Waals surface area contributed by atoms with Gasteiger partial charge in [0.15, 0.2) is 6.19 Å². The van der Waals surface area contributed by atoms with Gasteiger partial charge in [0.25, 0.3) is 0 Å². The van der Waals surface area contributed by atoms with Gasteiger partial charge in [-0.15, -0.1) is 0 Å². The molecule has 0 aliphatic carbocycles. The van der Waals surface area contributed by atoms with Crippen LogP contribution in [0.4, 0.5) is 5.95 Å². The lowest BCUT2D eigenvalue weighted by molar-refractivity contribution is 0.393. The van der Waals surface area contributed by atoms with E-state index in [4.69, 9.17) is 9.26 Å². The highest BCUT2D eigenvalue weighted by atomic mass is 16.5. The molecule has 31 heavy (non-hydrogen) atoms. The molecule has 0 atom stereocenters. The van der Waals surface area contributed by atoms with Crippen molar-refractivity contribution in [1.82, 2.24) is 19.7 Å². The summed E-state index contributed by atoms with van der Waals surface area (Å²) in [6.45, 7) is 3.77. The number of para-hydroxylation sites is 1. The molecule has 152 valence electrons. The summed E-state index contributed by atoms with van der Waals surface area (Å²) < 4.78 is 13.0. The molecule has 0 saturated carbocycles. The number of nitrogens with zero attached hydrogens (tertiary/aromatic N) is 5. The lowest BCUT2D eigenvalue weighted by atomic mass is 10.0. The molecule has 3 aromatic heterocycles. The number of methoxy groups -OCH3 is 1. The van der Waals surface area contributed by atoms with Gasteiger partial charge < -0.3 is 9.26 Å². The molecule has 5 aromatic rings. The molecule has 0 spiro atoms. The Balaban J connectivity index is 1.88. The van der Waals surface area contributed by atoms with Crippen LogP contribution in [0.5, 0.6) is 5.75 Å². The predicted octanol–water partition coefficient (Wildman–Crippen LogP) is 4.75. The number of rotatable bonds is 4. The summed E-state index contributed by atoms with van der Waals surface area (Å²) in [6, 6.07) is 13.7. The summed E-state index contributed by atoms with van der Waals surface area (Å²) in [5, 5.41) is 16.9. The second-order valence-corrected chi connectivity index (χ2v) is 7.10. The Morgan fingerprint density at radius 2 is 1.94 bits per heavy atom. The summed E-state index contributed by atoms with van der Waals surface area (Å²) in [4.78, 5) is 9.22. The Hall–Kier alpha value is -4.38. The zero-order valence-corrected chi connectivity index (χ0v) is 17.2. The van der Waals surface area contributed by atoms with Crippen LogP contribution in [0.1, 0.15) is 11.5 Å². The number of anilines is 1. The molecule has 0 amide bonds. The van der Waals surface area contributed by atoms with E-state index < -0.39 is 0 Å². The van der Waals surface area contributed by atoms with Gasteiger partial charge >= 0.3 is 0 Å². The number of hydrogen-bond donors (Lipinski definition) is 1. The van der Waals surface area contributed by atoms with Crippen LogP contribution in [0, 0.1) is 25.3 Å². The van der Waals surface area contributed by atoms with E-state index in [-0.39, 0.29) is 0 Å². The summed E-state index contributed by atoms with van der Waals surface area (Å²) >= 11 is 0. The zero-order valence-electron chi connectivity index (χ0n) is 17.2. The molecule has 8 nitrogen and oxygen atoms in total. The number of hydrogen-bond acceptors (Lipinski definition) is 7. The molecule has 0 saturated heterocycles. The maximum atomic E-state index is 9.24. The number of aryl methyl sites for hydroxylation is 2. The van der Waals surface area contributed by atoms with E-state index in [9.17, 15) is 5.26 Å². The van der Waals surface area contributed by atoms with E-state index in [2.05, 4.69) is 20.4 Å². The fraction of sp³-hybridized carbons (Fsp3) is 0.130. The molecule has 0 radical (unpaired) electrons. The maximum absolute atomic E-state index is 9.24. The third-order valence-corrected chi connectivity index (χ3v) is 5.29. The predicted molar refractivity (Wildman–Crippen MR) is 117 cm³/mol. The van der Waals surface area contributed by atoms with E-state index in [1.165, 1.54) is 0 Å². The van der Waals surface area contributed by atoms with Crippen molar-refractivity contribution in [1.29, 1.82) is 5.26 Å². The van der Waals surface area contributed by atoms with Gasteiger partial charge in [-0.25, -0.2) is 4.98 Å². The Morgan fingerprint density at radius 3 is 2.61 bits per heavy atom. The summed E-state index contributed by atoms with van der Waals surface area (Å²) in [6.07, 6.45) is 3.68. The number of aromatic nitrogens is 4. The molecule has 2 aromatic carbocycles. The number of pyridine rings is 1. The molecular weight excluding hydrogens is 392 g/mol. The lowest BCUT2D eigenvalue weighted by Crippen LogP contribution is -2.01. The number of imidazole rings is 1. The van der Waals surface area contributed by atoms with Crippen LogP contribution in [-0.4, -0.2) is 26.8 Å². The van der Waals surface area contributed by atoms with Gasteiger partial charge in [0.1, 0.15) is 17.0 Å². The number of nitrogens with one attached hydrogen (secondary N) is 1. The number of ether oxygens (including phenoxy) is 1. The highest BCUT2D eigenvalue weighted by molar-refractivity contribution is 6.06. The van der Waals surface area contributed by atoms with Crippen molar-refractivity contribution in [2.45, 2.75) is 13.8 Å². The molecule has 1 N–H and O–H groups in total. The largest absolute Gasteiger partial charge is 0.496 e. The fourth-order valence-corrected chi connectivity index (χ4v) is 3.98. The standard InChI is InChI=1S/C23H18N6O2/c1-13-21(14(2)31-28-13)17-9-18-16(10-20(17)30-3)22-19(11-25-18)27-23(26-12-24)29(22)15-7-5-4-6-8-15/h4-11H,1-3H3,(H,26,27). The van der Waals surface area contributed by atoms with Crippen molar-refractivity contribution in [2.75, 3.05) is 12.4 Å². The molecule has 5 rings (SSSR count). The molecule has 0 fully saturated rings.